The first-order valence-corrected chi connectivity index (χ1v) is 4.66. The first-order chi connectivity index (χ1) is 6.09. The molecular formula is C8H7BrFNOS. The van der Waals surface area contributed by atoms with Gasteiger partial charge in [0.2, 0.25) is 0 Å². The summed E-state index contributed by atoms with van der Waals surface area (Å²) in [6, 6.07) is 4.50. The number of nitrogens with two attached hydrogens (primary N) is 1. The molecule has 0 atom stereocenters. The van der Waals surface area contributed by atoms with Crippen molar-refractivity contribution in [3.05, 3.63) is 28.5 Å². The van der Waals surface area contributed by atoms with Gasteiger partial charge in [-0.1, -0.05) is 28.1 Å². The number of hydrogen-bond acceptors (Lipinski definition) is 2. The summed E-state index contributed by atoms with van der Waals surface area (Å²) in [7, 11) is 0. The van der Waals surface area contributed by atoms with Crippen molar-refractivity contribution in [1.82, 2.24) is 0 Å². The molecule has 0 saturated heterocycles. The van der Waals surface area contributed by atoms with Crippen LogP contribution in [-0.4, -0.2) is 11.6 Å². The van der Waals surface area contributed by atoms with Gasteiger partial charge in [-0.25, -0.2) is 4.39 Å². The topological polar surface area (TPSA) is 35.2 Å². The number of thiocarbonyl (C=S) groups is 1. The zero-order chi connectivity index (χ0) is 9.84. The molecule has 0 spiro atoms. The van der Waals surface area contributed by atoms with Crippen LogP contribution in [-0.2, 0) is 0 Å². The predicted molar refractivity (Wildman–Crippen MR) is 56.4 cm³/mol. The van der Waals surface area contributed by atoms with Crippen LogP contribution in [0.25, 0.3) is 0 Å². The maximum Gasteiger partial charge on any atom is 0.166 e. The zero-order valence-corrected chi connectivity index (χ0v) is 8.99. The van der Waals surface area contributed by atoms with Crippen LogP contribution in [0, 0.1) is 5.82 Å². The van der Waals surface area contributed by atoms with Crippen LogP contribution >= 0.6 is 28.1 Å². The van der Waals surface area contributed by atoms with Crippen molar-refractivity contribution in [3.63, 3.8) is 0 Å². The van der Waals surface area contributed by atoms with E-state index in [1.54, 1.807) is 6.07 Å². The van der Waals surface area contributed by atoms with Crippen molar-refractivity contribution >= 4 is 33.1 Å². The number of ether oxygens (including phenoxy) is 1. The summed E-state index contributed by atoms with van der Waals surface area (Å²) >= 11 is 7.72. The fourth-order valence-electron chi connectivity index (χ4n) is 0.741. The van der Waals surface area contributed by atoms with Gasteiger partial charge in [-0.3, -0.25) is 0 Å². The first kappa shape index (κ1) is 10.4. The molecule has 2 nitrogen and oxygen atoms in total. The van der Waals surface area contributed by atoms with Crippen molar-refractivity contribution in [2.24, 2.45) is 5.73 Å². The lowest BCUT2D eigenvalue weighted by Gasteiger charge is -2.05. The van der Waals surface area contributed by atoms with E-state index in [0.29, 0.717) is 4.47 Å². The van der Waals surface area contributed by atoms with Gasteiger partial charge in [0.1, 0.15) is 11.6 Å². The molecule has 1 aromatic rings. The molecule has 0 fully saturated rings. The van der Waals surface area contributed by atoms with Gasteiger partial charge < -0.3 is 10.5 Å². The van der Waals surface area contributed by atoms with E-state index in [4.69, 9.17) is 10.5 Å². The van der Waals surface area contributed by atoms with E-state index >= 15 is 0 Å². The largest absolute Gasteiger partial charge is 0.483 e. The number of hydrogen-bond donors (Lipinski definition) is 1. The zero-order valence-electron chi connectivity index (χ0n) is 6.59. The smallest absolute Gasteiger partial charge is 0.166 e. The van der Waals surface area contributed by atoms with Gasteiger partial charge in [0.25, 0.3) is 0 Å². The average molecular weight is 264 g/mol. The van der Waals surface area contributed by atoms with Gasteiger partial charge >= 0.3 is 0 Å². The third-order valence-corrected chi connectivity index (χ3v) is 1.87. The molecule has 70 valence electrons. The Balaban J connectivity index is 2.72. The van der Waals surface area contributed by atoms with E-state index in [1.165, 1.54) is 12.1 Å². The van der Waals surface area contributed by atoms with Crippen LogP contribution in [0.4, 0.5) is 4.39 Å². The van der Waals surface area contributed by atoms with E-state index in [2.05, 4.69) is 28.1 Å². The van der Waals surface area contributed by atoms with Crippen LogP contribution in [0.5, 0.6) is 5.75 Å². The summed E-state index contributed by atoms with van der Waals surface area (Å²) < 4.78 is 18.7. The summed E-state index contributed by atoms with van der Waals surface area (Å²) in [4.78, 5) is 0.197. The Morgan fingerprint density at radius 2 is 2.31 bits per heavy atom. The molecule has 0 aliphatic carbocycles. The Bertz CT molecular complexity index is 332. The maximum absolute atomic E-state index is 13.1. The Kier molecular flexibility index (Phi) is 3.62. The second-order valence-corrected chi connectivity index (χ2v) is 3.77. The van der Waals surface area contributed by atoms with Gasteiger partial charge in [-0.15, -0.1) is 0 Å². The summed E-state index contributed by atoms with van der Waals surface area (Å²) in [5.74, 6) is -0.290. The first-order valence-electron chi connectivity index (χ1n) is 3.46. The highest BCUT2D eigenvalue weighted by molar-refractivity contribution is 9.10. The number of halogens is 2. The van der Waals surface area contributed by atoms with Gasteiger partial charge in [0.15, 0.2) is 11.6 Å². The molecular weight excluding hydrogens is 257 g/mol. The van der Waals surface area contributed by atoms with E-state index in [9.17, 15) is 4.39 Å². The molecule has 0 unspecified atom stereocenters. The third-order valence-electron chi connectivity index (χ3n) is 1.26. The van der Waals surface area contributed by atoms with Crippen molar-refractivity contribution in [1.29, 1.82) is 0 Å². The SMILES string of the molecule is NC(=S)COc1ccc(Br)cc1F. The molecule has 0 saturated carbocycles. The highest BCUT2D eigenvalue weighted by atomic mass is 79.9. The van der Waals surface area contributed by atoms with Crippen LogP contribution in [0.15, 0.2) is 22.7 Å². The van der Waals surface area contributed by atoms with Crippen molar-refractivity contribution in [2.45, 2.75) is 0 Å². The molecule has 1 rings (SSSR count). The lowest BCUT2D eigenvalue weighted by atomic mass is 10.3. The Morgan fingerprint density at radius 1 is 1.62 bits per heavy atom. The molecule has 5 heteroatoms. The van der Waals surface area contributed by atoms with E-state index in [-0.39, 0.29) is 17.3 Å². The van der Waals surface area contributed by atoms with Crippen molar-refractivity contribution in [3.8, 4) is 5.75 Å². The highest BCUT2D eigenvalue weighted by Gasteiger charge is 2.03. The van der Waals surface area contributed by atoms with Gasteiger partial charge in [0, 0.05) is 4.47 Å². The van der Waals surface area contributed by atoms with Crippen molar-refractivity contribution < 1.29 is 9.13 Å². The second-order valence-electron chi connectivity index (χ2n) is 2.33. The molecule has 1 aromatic carbocycles. The van der Waals surface area contributed by atoms with Gasteiger partial charge in [-0.05, 0) is 18.2 Å². The lowest BCUT2D eigenvalue weighted by molar-refractivity contribution is 0.354. The fourth-order valence-corrected chi connectivity index (χ4v) is 1.13. The molecule has 0 radical (unpaired) electrons. The molecule has 13 heavy (non-hydrogen) atoms. The van der Waals surface area contributed by atoms with E-state index < -0.39 is 5.82 Å². The summed E-state index contributed by atoms with van der Waals surface area (Å²) in [6.07, 6.45) is 0. The molecule has 0 aliphatic rings. The van der Waals surface area contributed by atoms with Crippen molar-refractivity contribution in [2.75, 3.05) is 6.61 Å². The molecule has 0 amide bonds. The Morgan fingerprint density at radius 3 is 2.85 bits per heavy atom. The third kappa shape index (κ3) is 3.28. The summed E-state index contributed by atoms with van der Waals surface area (Å²) in [5, 5.41) is 0. The summed E-state index contributed by atoms with van der Waals surface area (Å²) in [6.45, 7) is 0.0495. The minimum absolute atomic E-state index is 0.0495. The monoisotopic (exact) mass is 263 g/mol. The van der Waals surface area contributed by atoms with E-state index in [0.717, 1.165) is 0 Å². The quantitative estimate of drug-likeness (QED) is 0.850. The summed E-state index contributed by atoms with van der Waals surface area (Å²) in [5.41, 5.74) is 5.19. The predicted octanol–water partition coefficient (Wildman–Crippen LogP) is 2.25. The molecule has 0 bridgehead atoms. The van der Waals surface area contributed by atoms with E-state index in [1.807, 2.05) is 0 Å². The molecule has 0 aliphatic heterocycles. The maximum atomic E-state index is 13.1. The standard InChI is InChI=1S/C8H7BrFNOS/c9-5-1-2-7(6(10)3-5)12-4-8(11)13/h1-3H,4H2,(H2,11,13). The number of benzene rings is 1. The molecule has 0 aromatic heterocycles. The Hall–Kier alpha value is -0.680. The minimum Gasteiger partial charge on any atom is -0.483 e. The van der Waals surface area contributed by atoms with Crippen LogP contribution in [0.2, 0.25) is 0 Å². The number of rotatable bonds is 3. The lowest BCUT2D eigenvalue weighted by Crippen LogP contribution is -2.18. The van der Waals surface area contributed by atoms with Crippen LogP contribution in [0.1, 0.15) is 0 Å². The molecule has 2 N–H and O–H groups in total. The van der Waals surface area contributed by atoms with Gasteiger partial charge in [0.05, 0.1) is 0 Å². The second kappa shape index (κ2) is 4.53. The fraction of sp³-hybridized carbons (Fsp3) is 0.125. The normalized spacial score (nSPS) is 9.69. The van der Waals surface area contributed by atoms with Crippen LogP contribution in [0.3, 0.4) is 0 Å². The average Bonchev–Trinajstić information content (AvgIpc) is 2.02. The van der Waals surface area contributed by atoms with Crippen LogP contribution < -0.4 is 10.5 Å². The minimum atomic E-state index is -0.439. The molecule has 0 heterocycles. The highest BCUT2D eigenvalue weighted by Crippen LogP contribution is 2.21. The van der Waals surface area contributed by atoms with Gasteiger partial charge in [-0.2, -0.15) is 0 Å². The Labute approximate surface area is 89.0 Å².